The van der Waals surface area contributed by atoms with Crippen molar-refractivity contribution in [2.45, 2.75) is 19.3 Å². The van der Waals surface area contributed by atoms with E-state index in [1.165, 1.54) is 98.7 Å². The molecule has 230 valence electrons. The van der Waals surface area contributed by atoms with Crippen LogP contribution in [0, 0.1) is 0 Å². The largest absolute Gasteiger partial charge is 0.0622 e. The van der Waals surface area contributed by atoms with Crippen LogP contribution < -0.4 is 0 Å². The van der Waals surface area contributed by atoms with Gasteiger partial charge in [-0.2, -0.15) is 0 Å². The van der Waals surface area contributed by atoms with Crippen LogP contribution in [-0.4, -0.2) is 0 Å². The van der Waals surface area contributed by atoms with Crippen molar-refractivity contribution in [3.05, 3.63) is 181 Å². The van der Waals surface area contributed by atoms with E-state index in [4.69, 9.17) is 0 Å². The van der Waals surface area contributed by atoms with Crippen LogP contribution in [0.25, 0.3) is 87.6 Å². The summed E-state index contributed by atoms with van der Waals surface area (Å²) in [6, 6.07) is 63.1. The van der Waals surface area contributed by atoms with Gasteiger partial charge >= 0.3 is 0 Å². The Morgan fingerprint density at radius 3 is 1.51 bits per heavy atom. The summed E-state index contributed by atoms with van der Waals surface area (Å²) in [4.78, 5) is 0. The van der Waals surface area contributed by atoms with Gasteiger partial charge in [0.15, 0.2) is 0 Å². The lowest BCUT2D eigenvalue weighted by molar-refractivity contribution is 0.661. The summed E-state index contributed by atoms with van der Waals surface area (Å²) in [5.41, 5.74) is 13.1. The molecule has 0 heteroatoms. The Kier molecular flexibility index (Phi) is 6.02. The first kappa shape index (κ1) is 28.1. The molecule has 0 spiro atoms. The van der Waals surface area contributed by atoms with E-state index in [1.54, 1.807) is 0 Å². The van der Waals surface area contributed by atoms with E-state index in [2.05, 4.69) is 184 Å². The maximum atomic E-state index is 2.52. The summed E-state index contributed by atoms with van der Waals surface area (Å²) in [5, 5.41) is 10.3. The van der Waals surface area contributed by atoms with Gasteiger partial charge in [0.05, 0.1) is 0 Å². The molecule has 0 nitrogen and oxygen atoms in total. The average Bonchev–Trinajstić information content (AvgIpc) is 3.39. The van der Waals surface area contributed by atoms with Crippen molar-refractivity contribution >= 4 is 43.1 Å². The zero-order valence-electron chi connectivity index (χ0n) is 27.7. The maximum Gasteiger partial charge on any atom is 0.0159 e. The molecule has 1 aliphatic rings. The van der Waals surface area contributed by atoms with E-state index in [0.717, 1.165) is 0 Å². The molecule has 0 radical (unpaired) electrons. The number of fused-ring (bicyclic) bond motifs is 8. The lowest BCUT2D eigenvalue weighted by Crippen LogP contribution is -2.15. The van der Waals surface area contributed by atoms with Crippen molar-refractivity contribution in [3.63, 3.8) is 0 Å². The van der Waals surface area contributed by atoms with E-state index in [9.17, 15) is 0 Å². The molecule has 0 amide bonds. The molecule has 0 saturated heterocycles. The van der Waals surface area contributed by atoms with Crippen LogP contribution in [0.3, 0.4) is 0 Å². The number of hydrogen-bond donors (Lipinski definition) is 0. The Morgan fingerprint density at radius 1 is 0.306 bits per heavy atom. The van der Waals surface area contributed by atoms with Crippen LogP contribution >= 0.6 is 0 Å². The smallest absolute Gasteiger partial charge is 0.0159 e. The standard InChI is InChI=1S/C49H34/c1-49(2)44-26-13-12-24-41(44)48-35-19-7-6-18-34(35)43(30-45(48)49)47-38-22-10-8-20-36(38)46(37-21-9-11-23-39(37)47)40-25-14-17-32-27-28-33(29-42(32)40)31-15-4-3-5-16-31/h3-30H,1-2H3. The molecule has 49 heavy (non-hydrogen) atoms. The molecule has 9 aromatic carbocycles. The van der Waals surface area contributed by atoms with Gasteiger partial charge in [0.25, 0.3) is 0 Å². The predicted octanol–water partition coefficient (Wildman–Crippen LogP) is 13.6. The van der Waals surface area contributed by atoms with Crippen LogP contribution in [0.5, 0.6) is 0 Å². The van der Waals surface area contributed by atoms with Gasteiger partial charge in [-0.25, -0.2) is 0 Å². The van der Waals surface area contributed by atoms with E-state index in [0.29, 0.717) is 0 Å². The van der Waals surface area contributed by atoms with Gasteiger partial charge in [-0.1, -0.05) is 172 Å². The van der Waals surface area contributed by atoms with E-state index >= 15 is 0 Å². The second kappa shape index (κ2) is 10.5. The Balaban J connectivity index is 1.32. The van der Waals surface area contributed by atoms with E-state index in [-0.39, 0.29) is 5.41 Å². The predicted molar refractivity (Wildman–Crippen MR) is 210 cm³/mol. The summed E-state index contributed by atoms with van der Waals surface area (Å²) >= 11 is 0. The third-order valence-corrected chi connectivity index (χ3v) is 11.0. The molecule has 0 aromatic heterocycles. The molecule has 0 fully saturated rings. The summed E-state index contributed by atoms with van der Waals surface area (Å²) < 4.78 is 0. The molecule has 0 heterocycles. The molecule has 0 unspecified atom stereocenters. The van der Waals surface area contributed by atoms with Crippen LogP contribution in [0.15, 0.2) is 170 Å². The topological polar surface area (TPSA) is 0 Å². The number of rotatable bonds is 3. The fourth-order valence-corrected chi connectivity index (χ4v) is 8.77. The molecule has 0 bridgehead atoms. The lowest BCUT2D eigenvalue weighted by atomic mass is 9.79. The van der Waals surface area contributed by atoms with Crippen molar-refractivity contribution in [1.29, 1.82) is 0 Å². The molecule has 1 aliphatic carbocycles. The van der Waals surface area contributed by atoms with Gasteiger partial charge in [-0.15, -0.1) is 0 Å². The Morgan fingerprint density at radius 2 is 0.837 bits per heavy atom. The normalized spacial score (nSPS) is 13.3. The van der Waals surface area contributed by atoms with Crippen LogP contribution in [0.2, 0.25) is 0 Å². The molecule has 0 saturated carbocycles. The summed E-state index contributed by atoms with van der Waals surface area (Å²) in [7, 11) is 0. The highest BCUT2D eigenvalue weighted by Crippen LogP contribution is 2.55. The maximum absolute atomic E-state index is 2.52. The van der Waals surface area contributed by atoms with Crippen molar-refractivity contribution in [2.75, 3.05) is 0 Å². The number of hydrogen-bond acceptors (Lipinski definition) is 0. The van der Waals surface area contributed by atoms with Gasteiger partial charge in [0.1, 0.15) is 0 Å². The van der Waals surface area contributed by atoms with E-state index < -0.39 is 0 Å². The molecule has 0 atom stereocenters. The third-order valence-electron chi connectivity index (χ3n) is 11.0. The Labute approximate surface area is 286 Å². The third kappa shape index (κ3) is 4.04. The minimum absolute atomic E-state index is 0.102. The molecule has 0 N–H and O–H groups in total. The highest BCUT2D eigenvalue weighted by molar-refractivity contribution is 6.26. The second-order valence-corrected chi connectivity index (χ2v) is 14.0. The fraction of sp³-hybridized carbons (Fsp3) is 0.0612. The first-order valence-electron chi connectivity index (χ1n) is 17.3. The molecular weight excluding hydrogens is 589 g/mol. The quantitative estimate of drug-likeness (QED) is 0.172. The van der Waals surface area contributed by atoms with E-state index in [1.807, 2.05) is 0 Å². The first-order chi connectivity index (χ1) is 24.1. The number of benzene rings is 9. The fourth-order valence-electron chi connectivity index (χ4n) is 8.77. The Bertz CT molecular complexity index is 2720. The highest BCUT2D eigenvalue weighted by atomic mass is 14.4. The highest BCUT2D eigenvalue weighted by Gasteiger charge is 2.37. The van der Waals surface area contributed by atoms with Crippen molar-refractivity contribution in [2.24, 2.45) is 0 Å². The average molecular weight is 623 g/mol. The summed E-state index contributed by atoms with van der Waals surface area (Å²) in [6.45, 7) is 4.78. The van der Waals surface area contributed by atoms with Crippen molar-refractivity contribution < 1.29 is 0 Å². The first-order valence-corrected chi connectivity index (χ1v) is 17.3. The second-order valence-electron chi connectivity index (χ2n) is 14.0. The minimum atomic E-state index is -0.102. The zero-order chi connectivity index (χ0) is 32.7. The Hall–Kier alpha value is -5.98. The summed E-state index contributed by atoms with van der Waals surface area (Å²) in [6.07, 6.45) is 0. The van der Waals surface area contributed by atoms with Crippen molar-refractivity contribution in [1.82, 2.24) is 0 Å². The molecular formula is C49H34. The lowest BCUT2D eigenvalue weighted by Gasteiger charge is -2.24. The molecule has 0 aliphatic heterocycles. The van der Waals surface area contributed by atoms with Gasteiger partial charge in [0, 0.05) is 5.41 Å². The van der Waals surface area contributed by atoms with Gasteiger partial charge < -0.3 is 0 Å². The SMILES string of the molecule is CC1(C)c2ccccc2-c2c1cc(-c1c3ccccc3c(-c3cccc4ccc(-c5ccccc5)cc34)c3ccccc13)c1ccccc21. The van der Waals surface area contributed by atoms with Gasteiger partial charge in [-0.3, -0.25) is 0 Å². The monoisotopic (exact) mass is 622 g/mol. The van der Waals surface area contributed by atoms with Crippen molar-refractivity contribution in [3.8, 4) is 44.5 Å². The summed E-state index contributed by atoms with van der Waals surface area (Å²) in [5.74, 6) is 0. The molecule has 9 aromatic rings. The molecule has 10 rings (SSSR count). The zero-order valence-corrected chi connectivity index (χ0v) is 27.7. The van der Waals surface area contributed by atoms with Crippen LogP contribution in [-0.2, 0) is 5.41 Å². The van der Waals surface area contributed by atoms with Crippen LogP contribution in [0.1, 0.15) is 25.0 Å². The van der Waals surface area contributed by atoms with Crippen LogP contribution in [0.4, 0.5) is 0 Å². The van der Waals surface area contributed by atoms with Gasteiger partial charge in [0.2, 0.25) is 0 Å². The minimum Gasteiger partial charge on any atom is -0.0622 e. The van der Waals surface area contributed by atoms with Gasteiger partial charge in [-0.05, 0) is 111 Å².